The molecular formula is C22H23Cl2N7O5. The highest BCUT2D eigenvalue weighted by molar-refractivity contribution is 6.39. The largest absolute Gasteiger partial charge is 0.480 e. The molecule has 12 nitrogen and oxygen atoms in total. The van der Waals surface area contributed by atoms with Crippen molar-refractivity contribution in [3.8, 4) is 6.19 Å². The zero-order valence-corrected chi connectivity index (χ0v) is 20.5. The lowest BCUT2D eigenvalue weighted by Gasteiger charge is -2.17. The summed E-state index contributed by atoms with van der Waals surface area (Å²) >= 11 is 11.9. The number of hydrogen-bond donors (Lipinski definition) is 6. The van der Waals surface area contributed by atoms with E-state index in [4.69, 9.17) is 34.2 Å². The van der Waals surface area contributed by atoms with Crippen LogP contribution in [0.5, 0.6) is 0 Å². The zero-order chi connectivity index (χ0) is 27.3. The second kappa shape index (κ2) is 14.8. The van der Waals surface area contributed by atoms with Crippen LogP contribution in [-0.2, 0) is 14.4 Å². The number of benzene rings is 1. The average molecular weight is 536 g/mol. The maximum atomic E-state index is 12.5. The summed E-state index contributed by atoms with van der Waals surface area (Å²) in [6.07, 6.45) is 4.24. The molecule has 0 heterocycles. The maximum Gasteiger partial charge on any atom is 0.328 e. The fourth-order valence-corrected chi connectivity index (χ4v) is 3.08. The van der Waals surface area contributed by atoms with E-state index in [0.29, 0.717) is 0 Å². The van der Waals surface area contributed by atoms with Crippen LogP contribution in [0, 0.1) is 11.5 Å². The molecule has 0 saturated carbocycles. The van der Waals surface area contributed by atoms with Gasteiger partial charge >= 0.3 is 5.97 Å². The number of hydrogen-bond acceptors (Lipinski definition) is 6. The standard InChI is InChI=1S/C22H23Cl2N7O5/c1-3-5-15(24)18(12(2)23)20(34)31-16(21(35)36)9-27-17(32)10-28-19(33)13-6-4-7-14(8-13)30-22(26)29-11-25/h3-8,16H,1,9-10H2,2H3,(H,27,32)(H,28,33)(H,31,34)(H,35,36)(H3,26,29,30)/b15-5+,18-12-. The number of nitrogens with two attached hydrogens (primary N) is 1. The van der Waals surface area contributed by atoms with Crippen LogP contribution < -0.4 is 27.0 Å². The third-order valence-electron chi connectivity index (χ3n) is 4.13. The van der Waals surface area contributed by atoms with Crippen LogP contribution in [-0.4, -0.2) is 53.9 Å². The number of nitrogens with zero attached hydrogens (tertiary/aromatic N) is 2. The summed E-state index contributed by atoms with van der Waals surface area (Å²) in [5, 5.41) is 26.9. The molecule has 0 bridgehead atoms. The minimum Gasteiger partial charge on any atom is -0.480 e. The van der Waals surface area contributed by atoms with Gasteiger partial charge in [0.25, 0.3) is 11.8 Å². The summed E-state index contributed by atoms with van der Waals surface area (Å²) in [7, 11) is 0. The van der Waals surface area contributed by atoms with E-state index in [1.54, 1.807) is 12.3 Å². The minimum atomic E-state index is -1.52. The second-order valence-corrected chi connectivity index (χ2v) is 7.77. The molecule has 0 aromatic heterocycles. The number of amides is 3. The van der Waals surface area contributed by atoms with Gasteiger partial charge in [0.1, 0.15) is 6.04 Å². The van der Waals surface area contributed by atoms with Gasteiger partial charge < -0.3 is 26.8 Å². The number of aliphatic imine (C=N–C) groups is 1. The van der Waals surface area contributed by atoms with Crippen molar-refractivity contribution in [2.24, 2.45) is 10.7 Å². The Bertz CT molecular complexity index is 1170. The first-order chi connectivity index (χ1) is 17.0. The summed E-state index contributed by atoms with van der Waals surface area (Å²) in [4.78, 5) is 52.4. The average Bonchev–Trinajstić information content (AvgIpc) is 2.80. The molecule has 0 saturated heterocycles. The van der Waals surface area contributed by atoms with Crippen LogP contribution in [0.25, 0.3) is 0 Å². The lowest BCUT2D eigenvalue weighted by atomic mass is 10.2. The van der Waals surface area contributed by atoms with Crippen LogP contribution in [0.2, 0.25) is 0 Å². The molecule has 36 heavy (non-hydrogen) atoms. The van der Waals surface area contributed by atoms with Gasteiger partial charge in [-0.2, -0.15) is 5.26 Å². The molecule has 190 valence electrons. The van der Waals surface area contributed by atoms with Crippen molar-refractivity contribution in [1.82, 2.24) is 21.3 Å². The van der Waals surface area contributed by atoms with Crippen LogP contribution in [0.3, 0.4) is 0 Å². The predicted octanol–water partition coefficient (Wildman–Crippen LogP) is 0.940. The van der Waals surface area contributed by atoms with Gasteiger partial charge in [-0.05, 0) is 31.2 Å². The van der Waals surface area contributed by atoms with Crippen LogP contribution in [0.4, 0.5) is 5.69 Å². The summed E-state index contributed by atoms with van der Waals surface area (Å²) in [6, 6.07) is 4.40. The van der Waals surface area contributed by atoms with E-state index in [1.165, 1.54) is 37.3 Å². The number of halogens is 2. The molecule has 0 spiro atoms. The Kier molecular flexibility index (Phi) is 12.2. The van der Waals surface area contributed by atoms with Gasteiger partial charge in [-0.25, -0.2) is 9.79 Å². The Morgan fingerprint density at radius 3 is 2.56 bits per heavy atom. The van der Waals surface area contributed by atoms with Crippen molar-refractivity contribution in [2.45, 2.75) is 13.0 Å². The van der Waals surface area contributed by atoms with Crippen molar-refractivity contribution in [2.75, 3.05) is 13.1 Å². The highest BCUT2D eigenvalue weighted by Crippen LogP contribution is 2.21. The molecular weight excluding hydrogens is 513 g/mol. The first-order valence-corrected chi connectivity index (χ1v) is 10.8. The quantitative estimate of drug-likeness (QED) is 0.0599. The molecule has 14 heteroatoms. The van der Waals surface area contributed by atoms with E-state index in [0.717, 1.165) is 0 Å². The smallest absolute Gasteiger partial charge is 0.328 e. The highest BCUT2D eigenvalue weighted by atomic mass is 35.5. The van der Waals surface area contributed by atoms with Gasteiger partial charge in [0.05, 0.1) is 22.8 Å². The van der Waals surface area contributed by atoms with Crippen LogP contribution >= 0.6 is 23.2 Å². The molecule has 0 radical (unpaired) electrons. The summed E-state index contributed by atoms with van der Waals surface area (Å²) in [6.45, 7) is 3.89. The number of carbonyl (C=O) groups is 4. The van der Waals surface area contributed by atoms with Gasteiger partial charge in [0.2, 0.25) is 11.9 Å². The zero-order valence-electron chi connectivity index (χ0n) is 19.0. The number of nitrogens with one attached hydrogen (secondary N) is 4. The lowest BCUT2D eigenvalue weighted by Crippen LogP contribution is -2.50. The van der Waals surface area contributed by atoms with Crippen LogP contribution in [0.1, 0.15) is 17.3 Å². The third kappa shape index (κ3) is 9.88. The Morgan fingerprint density at radius 1 is 1.28 bits per heavy atom. The molecule has 1 rings (SSSR count). The first kappa shape index (κ1) is 29.7. The number of rotatable bonds is 11. The normalized spacial score (nSPS) is 12.8. The summed E-state index contributed by atoms with van der Waals surface area (Å²) < 4.78 is 0. The fourth-order valence-electron chi connectivity index (χ4n) is 2.53. The van der Waals surface area contributed by atoms with Gasteiger partial charge in [0.15, 0.2) is 6.19 Å². The van der Waals surface area contributed by atoms with Crippen molar-refractivity contribution < 1.29 is 24.3 Å². The van der Waals surface area contributed by atoms with Gasteiger partial charge in [-0.1, -0.05) is 41.9 Å². The van der Waals surface area contributed by atoms with Gasteiger partial charge in [0, 0.05) is 17.1 Å². The van der Waals surface area contributed by atoms with E-state index in [1.807, 2.05) is 0 Å². The van der Waals surface area contributed by atoms with E-state index in [-0.39, 0.29) is 32.8 Å². The van der Waals surface area contributed by atoms with E-state index in [2.05, 4.69) is 32.8 Å². The fraction of sp³-hybridized carbons (Fsp3) is 0.182. The number of carbonyl (C=O) groups excluding carboxylic acids is 3. The molecule has 0 aliphatic heterocycles. The molecule has 1 aromatic rings. The number of guanidine groups is 1. The maximum absolute atomic E-state index is 12.5. The van der Waals surface area contributed by atoms with Crippen LogP contribution in [0.15, 0.2) is 63.6 Å². The van der Waals surface area contributed by atoms with E-state index in [9.17, 15) is 24.3 Å². The number of nitriles is 1. The Hall–Kier alpha value is -4.34. The number of carboxylic acid groups (broad SMARTS) is 1. The highest BCUT2D eigenvalue weighted by Gasteiger charge is 2.24. The van der Waals surface area contributed by atoms with Crippen molar-refractivity contribution in [1.29, 1.82) is 5.26 Å². The number of aliphatic carboxylic acids is 1. The monoisotopic (exact) mass is 535 g/mol. The molecule has 1 atom stereocenters. The first-order valence-electron chi connectivity index (χ1n) is 10.0. The molecule has 1 aromatic carbocycles. The van der Waals surface area contributed by atoms with Crippen molar-refractivity contribution in [3.63, 3.8) is 0 Å². The topological polar surface area (TPSA) is 199 Å². The number of carboxylic acids is 1. The summed E-state index contributed by atoms with van der Waals surface area (Å²) in [5.41, 5.74) is 5.77. The molecule has 0 fully saturated rings. The third-order valence-corrected chi connectivity index (χ3v) is 4.64. The summed E-state index contributed by atoms with van der Waals surface area (Å²) in [5.74, 6) is -3.79. The SMILES string of the molecule is C=C/C=C(Cl)\C(C(=O)NC(CNC(=O)CNC(=O)c1cccc(N=C(N)NC#N)c1)C(=O)O)=C(/C)Cl. The number of allylic oxidation sites excluding steroid dienone is 3. The molecule has 0 aliphatic rings. The van der Waals surface area contributed by atoms with Gasteiger partial charge in [-0.3, -0.25) is 19.7 Å². The van der Waals surface area contributed by atoms with E-state index >= 15 is 0 Å². The Balaban J connectivity index is 2.73. The molecule has 0 aliphatic carbocycles. The molecule has 3 amide bonds. The van der Waals surface area contributed by atoms with Crippen molar-refractivity contribution in [3.05, 3.63) is 64.2 Å². The predicted molar refractivity (Wildman–Crippen MR) is 134 cm³/mol. The molecule has 1 unspecified atom stereocenters. The Labute approximate surface area is 216 Å². The van der Waals surface area contributed by atoms with Crippen molar-refractivity contribution >= 4 is 58.5 Å². The van der Waals surface area contributed by atoms with E-state index < -0.39 is 42.8 Å². The lowest BCUT2D eigenvalue weighted by molar-refractivity contribution is -0.141. The van der Waals surface area contributed by atoms with Gasteiger partial charge in [-0.15, -0.1) is 0 Å². The molecule has 7 N–H and O–H groups in total. The Morgan fingerprint density at radius 2 is 1.97 bits per heavy atom. The second-order valence-electron chi connectivity index (χ2n) is 6.79. The minimum absolute atomic E-state index is 0.0188.